The molecule has 1 aromatic rings. The van der Waals surface area contributed by atoms with Crippen molar-refractivity contribution in [3.8, 4) is 0 Å². The van der Waals surface area contributed by atoms with Crippen LogP contribution in [0.3, 0.4) is 0 Å². The average molecular weight is 400 g/mol. The molecule has 0 aliphatic heterocycles. The molecule has 0 amide bonds. The van der Waals surface area contributed by atoms with Gasteiger partial charge in [-0.05, 0) is 55.7 Å². The van der Waals surface area contributed by atoms with E-state index >= 15 is 0 Å². The number of hydrogen-bond donors (Lipinski definition) is 1. The fraction of sp³-hybridized carbons (Fsp3) is 0.480. The Bertz CT molecular complexity index is 680. The second-order valence-corrected chi connectivity index (χ2v) is 7.53. The van der Waals surface area contributed by atoms with Gasteiger partial charge in [-0.15, -0.1) is 6.58 Å². The summed E-state index contributed by atoms with van der Waals surface area (Å²) in [4.78, 5) is 0. The second-order valence-electron chi connectivity index (χ2n) is 7.53. The lowest BCUT2D eigenvalue weighted by molar-refractivity contribution is 0.395. The van der Waals surface area contributed by atoms with Gasteiger partial charge in [-0.25, -0.2) is 4.39 Å². The molecule has 0 bridgehead atoms. The Morgan fingerprint density at radius 3 is 2.55 bits per heavy atom. The molecular formula is C25H38FN3. The van der Waals surface area contributed by atoms with Crippen LogP contribution in [-0.2, 0) is 6.42 Å². The highest BCUT2D eigenvalue weighted by Gasteiger charge is 2.31. The van der Waals surface area contributed by atoms with Gasteiger partial charge in [-0.2, -0.15) is 5.10 Å². The first-order valence-electron chi connectivity index (χ1n) is 10.6. The fourth-order valence-electron chi connectivity index (χ4n) is 3.77. The van der Waals surface area contributed by atoms with Crippen molar-refractivity contribution in [1.29, 1.82) is 0 Å². The number of halogens is 1. The molecule has 0 heterocycles. The van der Waals surface area contributed by atoms with Crippen molar-refractivity contribution in [1.82, 2.24) is 5.01 Å². The molecule has 0 radical (unpaired) electrons. The maximum Gasteiger partial charge on any atom is 0.107 e. The molecule has 0 spiro atoms. The largest absolute Gasteiger partial charge is 0.327 e. The Hall–Kier alpha value is -2.20. The summed E-state index contributed by atoms with van der Waals surface area (Å²) in [6.45, 7) is 11.7. The van der Waals surface area contributed by atoms with Gasteiger partial charge in [0, 0.05) is 18.7 Å². The summed E-state index contributed by atoms with van der Waals surface area (Å²) in [5.41, 5.74) is 9.85. The van der Waals surface area contributed by atoms with Gasteiger partial charge in [0.1, 0.15) is 6.67 Å². The number of rotatable bonds is 9. The van der Waals surface area contributed by atoms with Crippen molar-refractivity contribution in [2.24, 2.45) is 22.7 Å². The number of nitrogens with zero attached hydrogens (tertiary/aromatic N) is 2. The van der Waals surface area contributed by atoms with Gasteiger partial charge in [-0.1, -0.05) is 56.4 Å². The molecule has 2 rings (SSSR count). The number of benzene rings is 1. The van der Waals surface area contributed by atoms with Crippen LogP contribution in [0.15, 0.2) is 66.8 Å². The van der Waals surface area contributed by atoms with E-state index in [1.165, 1.54) is 30.9 Å². The van der Waals surface area contributed by atoms with Crippen LogP contribution in [0.1, 0.15) is 44.2 Å². The van der Waals surface area contributed by atoms with Gasteiger partial charge in [0.15, 0.2) is 0 Å². The number of hydrogen-bond acceptors (Lipinski definition) is 3. The molecule has 1 fully saturated rings. The minimum atomic E-state index is -0.417. The van der Waals surface area contributed by atoms with Crippen molar-refractivity contribution < 1.29 is 4.39 Å². The lowest BCUT2D eigenvalue weighted by Crippen LogP contribution is -2.32. The van der Waals surface area contributed by atoms with E-state index in [-0.39, 0.29) is 0 Å². The van der Waals surface area contributed by atoms with E-state index in [0.717, 1.165) is 24.2 Å². The summed E-state index contributed by atoms with van der Waals surface area (Å²) in [5, 5.41) is 6.60. The number of allylic oxidation sites excluding steroid dienone is 3. The molecule has 160 valence electrons. The smallest absolute Gasteiger partial charge is 0.107 e. The zero-order valence-corrected chi connectivity index (χ0v) is 18.4. The van der Waals surface area contributed by atoms with E-state index in [0.29, 0.717) is 17.9 Å². The van der Waals surface area contributed by atoms with E-state index in [1.807, 2.05) is 31.1 Å². The van der Waals surface area contributed by atoms with E-state index < -0.39 is 6.67 Å². The molecular weight excluding hydrogens is 361 g/mol. The first kappa shape index (κ1) is 24.8. The van der Waals surface area contributed by atoms with E-state index in [9.17, 15) is 4.39 Å². The Labute approximate surface area is 176 Å². The Balaban J connectivity index is 0.000000960. The predicted molar refractivity (Wildman–Crippen MR) is 125 cm³/mol. The average Bonchev–Trinajstić information content (AvgIpc) is 3.10. The third-order valence-corrected chi connectivity index (χ3v) is 5.43. The maximum atomic E-state index is 10.6. The van der Waals surface area contributed by atoms with Gasteiger partial charge in [0.05, 0.1) is 12.3 Å². The third kappa shape index (κ3) is 8.36. The van der Waals surface area contributed by atoms with Gasteiger partial charge < -0.3 is 5.73 Å². The lowest BCUT2D eigenvalue weighted by Gasteiger charge is -2.20. The number of nitrogens with two attached hydrogens (primary N) is 1. The summed E-state index contributed by atoms with van der Waals surface area (Å²) in [6, 6.07) is 9.02. The van der Waals surface area contributed by atoms with E-state index in [1.54, 1.807) is 0 Å². The van der Waals surface area contributed by atoms with Crippen LogP contribution >= 0.6 is 0 Å². The number of likely N-dealkylation sites (N-methyl/N-ethyl adjacent to an activating group) is 1. The summed E-state index contributed by atoms with van der Waals surface area (Å²) in [6.07, 6.45) is 11.9. The molecule has 1 unspecified atom stereocenters. The van der Waals surface area contributed by atoms with E-state index in [4.69, 9.17) is 5.73 Å². The van der Waals surface area contributed by atoms with Crippen LogP contribution in [0, 0.1) is 11.8 Å². The molecule has 0 saturated heterocycles. The standard InChI is InChI=1S/C22H33N3.C3H5F/c1-5-8-14-25(4)24-21(7-3)19-11-9-10-17(15-19)16-20-13-12-18(6-2)22(20)23;1-2-3-4/h5,7-11,15,18,20,22H,3,6,12-14,16,23H2,1-2,4H3;2H,1,3H2/b8-5+,24-21+;/t18-,20-,22?;/m1./s1. The van der Waals surface area contributed by atoms with Gasteiger partial charge >= 0.3 is 0 Å². The van der Waals surface area contributed by atoms with Crippen molar-refractivity contribution in [3.05, 3.63) is 72.9 Å². The summed E-state index contributed by atoms with van der Waals surface area (Å²) in [7, 11) is 1.98. The topological polar surface area (TPSA) is 41.6 Å². The molecule has 0 aromatic heterocycles. The van der Waals surface area contributed by atoms with Crippen LogP contribution in [0.2, 0.25) is 0 Å². The Morgan fingerprint density at radius 1 is 1.31 bits per heavy atom. The molecule has 29 heavy (non-hydrogen) atoms. The molecule has 1 saturated carbocycles. The zero-order valence-electron chi connectivity index (χ0n) is 18.4. The highest BCUT2D eigenvalue weighted by atomic mass is 19.1. The lowest BCUT2D eigenvalue weighted by atomic mass is 9.90. The third-order valence-electron chi connectivity index (χ3n) is 5.43. The molecule has 3 atom stereocenters. The molecule has 3 nitrogen and oxygen atoms in total. The highest BCUT2D eigenvalue weighted by Crippen LogP contribution is 2.34. The summed E-state index contributed by atoms with van der Waals surface area (Å²) < 4.78 is 10.6. The quantitative estimate of drug-likeness (QED) is 0.337. The SMILES string of the molecule is C=C/C(=N\N(C)C/C=C/C)c1cccc(C[C@H]2CC[C@@H](CC)C2N)c1.C=CCF. The van der Waals surface area contributed by atoms with Crippen LogP contribution in [0.25, 0.3) is 0 Å². The van der Waals surface area contributed by atoms with Gasteiger partial charge in [-0.3, -0.25) is 5.01 Å². The van der Waals surface area contributed by atoms with Crippen LogP contribution < -0.4 is 5.73 Å². The minimum absolute atomic E-state index is 0.341. The summed E-state index contributed by atoms with van der Waals surface area (Å²) in [5.74, 6) is 1.29. The zero-order chi connectivity index (χ0) is 21.6. The van der Waals surface area contributed by atoms with Crippen LogP contribution in [0.5, 0.6) is 0 Å². The van der Waals surface area contributed by atoms with E-state index in [2.05, 4.69) is 55.5 Å². The molecule has 1 aliphatic rings. The fourth-order valence-corrected chi connectivity index (χ4v) is 3.77. The van der Waals surface area contributed by atoms with Crippen LogP contribution in [-0.4, -0.2) is 37.0 Å². The molecule has 1 aromatic carbocycles. The minimum Gasteiger partial charge on any atom is -0.327 e. The monoisotopic (exact) mass is 399 g/mol. The van der Waals surface area contributed by atoms with Gasteiger partial charge in [0.2, 0.25) is 0 Å². The number of hydrazone groups is 1. The van der Waals surface area contributed by atoms with Crippen molar-refractivity contribution >= 4 is 5.71 Å². The summed E-state index contributed by atoms with van der Waals surface area (Å²) >= 11 is 0. The molecule has 4 heteroatoms. The highest BCUT2D eigenvalue weighted by molar-refractivity contribution is 6.08. The van der Waals surface area contributed by atoms with Crippen molar-refractivity contribution in [3.63, 3.8) is 0 Å². The van der Waals surface area contributed by atoms with Gasteiger partial charge in [0.25, 0.3) is 0 Å². The first-order valence-corrected chi connectivity index (χ1v) is 10.6. The second kappa shape index (κ2) is 13.9. The molecule has 1 aliphatic carbocycles. The first-order chi connectivity index (χ1) is 14.0. The maximum absolute atomic E-state index is 10.6. The normalized spacial score (nSPS) is 21.6. The predicted octanol–water partition coefficient (Wildman–Crippen LogP) is 5.53. The Morgan fingerprint density at radius 2 is 2.00 bits per heavy atom. The Kier molecular flexibility index (Phi) is 11.9. The van der Waals surface area contributed by atoms with Crippen LogP contribution in [0.4, 0.5) is 4.39 Å². The number of alkyl halides is 1. The van der Waals surface area contributed by atoms with Crippen molar-refractivity contribution in [2.75, 3.05) is 20.3 Å². The molecule has 2 N–H and O–H groups in total. The van der Waals surface area contributed by atoms with Crippen molar-refractivity contribution in [2.45, 2.75) is 45.6 Å².